The average Bonchev–Trinajstić information content (AvgIpc) is 3.13. The number of amides is 1. The van der Waals surface area contributed by atoms with Crippen LogP contribution in [0.4, 0.5) is 0 Å². The molecule has 138 valence electrons. The second-order valence-electron chi connectivity index (χ2n) is 6.01. The minimum absolute atomic E-state index is 0.0514. The summed E-state index contributed by atoms with van der Waals surface area (Å²) in [5.41, 5.74) is 0.760. The van der Waals surface area contributed by atoms with Gasteiger partial charge >= 0.3 is 5.97 Å². The first-order valence-electron chi connectivity index (χ1n) is 8.38. The molecule has 1 aromatic rings. The number of rotatable bonds is 8. The molecule has 1 aliphatic heterocycles. The lowest BCUT2D eigenvalue weighted by molar-refractivity contribution is -0.141. The quantitative estimate of drug-likeness (QED) is 0.692. The number of benzene rings is 1. The van der Waals surface area contributed by atoms with Crippen LogP contribution in [0.5, 0.6) is 11.5 Å². The van der Waals surface area contributed by atoms with E-state index in [-0.39, 0.29) is 24.3 Å². The van der Waals surface area contributed by atoms with Crippen molar-refractivity contribution in [3.63, 3.8) is 0 Å². The predicted octanol–water partition coefficient (Wildman–Crippen LogP) is 1.57. The first-order chi connectivity index (χ1) is 12.1. The summed E-state index contributed by atoms with van der Waals surface area (Å²) in [5, 5.41) is 6.23. The van der Waals surface area contributed by atoms with Gasteiger partial charge in [0.2, 0.25) is 5.91 Å². The molecule has 0 radical (unpaired) electrons. The van der Waals surface area contributed by atoms with Crippen molar-refractivity contribution in [2.24, 2.45) is 0 Å². The largest absolute Gasteiger partial charge is 0.493 e. The summed E-state index contributed by atoms with van der Waals surface area (Å²) in [6, 6.07) is 5.04. The fraction of sp³-hybridized carbons (Fsp3) is 0.556. The van der Waals surface area contributed by atoms with Crippen molar-refractivity contribution < 1.29 is 23.8 Å². The van der Waals surface area contributed by atoms with Gasteiger partial charge < -0.3 is 24.8 Å². The molecule has 0 saturated carbocycles. The lowest BCUT2D eigenvalue weighted by Gasteiger charge is -2.20. The average molecular weight is 350 g/mol. The van der Waals surface area contributed by atoms with Crippen LogP contribution in [0.25, 0.3) is 0 Å². The van der Waals surface area contributed by atoms with E-state index in [0.717, 1.165) is 24.9 Å². The minimum Gasteiger partial charge on any atom is -0.493 e. The highest BCUT2D eigenvalue weighted by Gasteiger charge is 2.23. The van der Waals surface area contributed by atoms with Crippen LogP contribution in [-0.4, -0.2) is 45.8 Å². The lowest BCUT2D eigenvalue weighted by Crippen LogP contribution is -2.35. The number of esters is 1. The van der Waals surface area contributed by atoms with Crippen LogP contribution in [0, 0.1) is 0 Å². The zero-order valence-electron chi connectivity index (χ0n) is 15.0. The van der Waals surface area contributed by atoms with Gasteiger partial charge in [-0.1, -0.05) is 6.07 Å². The maximum atomic E-state index is 12.4. The Morgan fingerprint density at radius 2 is 2.00 bits per heavy atom. The second-order valence-corrected chi connectivity index (χ2v) is 6.01. The monoisotopic (exact) mass is 350 g/mol. The Kier molecular flexibility index (Phi) is 7.06. The number of nitrogens with one attached hydrogen (secondary N) is 2. The van der Waals surface area contributed by atoms with Crippen molar-refractivity contribution in [3.8, 4) is 11.5 Å². The van der Waals surface area contributed by atoms with Crippen LogP contribution in [0.2, 0.25) is 0 Å². The van der Waals surface area contributed by atoms with Gasteiger partial charge in [-0.15, -0.1) is 0 Å². The van der Waals surface area contributed by atoms with Crippen molar-refractivity contribution in [1.82, 2.24) is 10.6 Å². The molecule has 1 fully saturated rings. The number of methoxy groups -OCH3 is 3. The zero-order chi connectivity index (χ0) is 18.2. The Bertz CT molecular complexity index is 599. The van der Waals surface area contributed by atoms with Gasteiger partial charge in [-0.2, -0.15) is 0 Å². The van der Waals surface area contributed by atoms with Crippen molar-refractivity contribution in [2.75, 3.05) is 27.9 Å². The molecule has 0 aliphatic carbocycles. The minimum atomic E-state index is -0.485. The molecule has 2 rings (SSSR count). The van der Waals surface area contributed by atoms with Gasteiger partial charge in [0.15, 0.2) is 11.5 Å². The molecule has 1 aliphatic rings. The number of carbonyl (C=O) groups is 2. The highest BCUT2D eigenvalue weighted by Crippen LogP contribution is 2.31. The maximum absolute atomic E-state index is 12.4. The smallest absolute Gasteiger partial charge is 0.307 e. The maximum Gasteiger partial charge on any atom is 0.307 e. The number of hydrogen-bond donors (Lipinski definition) is 2. The fourth-order valence-corrected chi connectivity index (χ4v) is 2.98. The van der Waals surface area contributed by atoms with E-state index >= 15 is 0 Å². The standard InChI is InChI=1S/C18H26N2O5/c1-23-15-7-6-12(9-16(15)24-2)14(11-18(22)25-3)20-17(21)10-13-5-4-8-19-13/h6-7,9,13-14,19H,4-5,8,10-11H2,1-3H3,(H,20,21). The summed E-state index contributed by atoms with van der Waals surface area (Å²) in [5.74, 6) is 0.647. The van der Waals surface area contributed by atoms with Crippen LogP contribution < -0.4 is 20.1 Å². The van der Waals surface area contributed by atoms with E-state index in [1.807, 2.05) is 6.07 Å². The molecule has 1 heterocycles. The summed E-state index contributed by atoms with van der Waals surface area (Å²) < 4.78 is 15.3. The predicted molar refractivity (Wildman–Crippen MR) is 92.7 cm³/mol. The van der Waals surface area contributed by atoms with Crippen molar-refractivity contribution in [1.29, 1.82) is 0 Å². The third-order valence-corrected chi connectivity index (χ3v) is 4.34. The van der Waals surface area contributed by atoms with E-state index in [4.69, 9.17) is 14.2 Å². The van der Waals surface area contributed by atoms with Crippen LogP contribution in [0.15, 0.2) is 18.2 Å². The third-order valence-electron chi connectivity index (χ3n) is 4.34. The molecule has 1 aromatic carbocycles. The van der Waals surface area contributed by atoms with Gasteiger partial charge in [-0.05, 0) is 37.1 Å². The number of hydrogen-bond acceptors (Lipinski definition) is 6. The van der Waals surface area contributed by atoms with Crippen molar-refractivity contribution in [3.05, 3.63) is 23.8 Å². The van der Waals surface area contributed by atoms with Crippen LogP contribution in [-0.2, 0) is 14.3 Å². The highest BCUT2D eigenvalue weighted by molar-refractivity contribution is 5.78. The Morgan fingerprint density at radius 3 is 2.60 bits per heavy atom. The van der Waals surface area contributed by atoms with Gasteiger partial charge in [0.1, 0.15) is 0 Å². The van der Waals surface area contributed by atoms with Gasteiger partial charge in [0.25, 0.3) is 0 Å². The zero-order valence-corrected chi connectivity index (χ0v) is 15.0. The summed E-state index contributed by atoms with van der Waals surface area (Å²) in [6.45, 7) is 0.944. The summed E-state index contributed by atoms with van der Waals surface area (Å²) in [4.78, 5) is 24.1. The Labute approximate surface area is 148 Å². The van der Waals surface area contributed by atoms with Crippen molar-refractivity contribution in [2.45, 2.75) is 37.8 Å². The molecule has 2 unspecified atom stereocenters. The first kappa shape index (κ1) is 19.1. The van der Waals surface area contributed by atoms with Crippen LogP contribution >= 0.6 is 0 Å². The topological polar surface area (TPSA) is 85.9 Å². The molecule has 1 amide bonds. The molecule has 7 nitrogen and oxygen atoms in total. The third kappa shape index (κ3) is 5.35. The Balaban J connectivity index is 2.14. The van der Waals surface area contributed by atoms with E-state index < -0.39 is 6.04 Å². The van der Waals surface area contributed by atoms with E-state index in [0.29, 0.717) is 17.9 Å². The van der Waals surface area contributed by atoms with E-state index in [2.05, 4.69) is 10.6 Å². The molecule has 2 atom stereocenters. The summed E-state index contributed by atoms with van der Waals surface area (Å²) in [7, 11) is 4.43. The molecule has 7 heteroatoms. The molecule has 1 saturated heterocycles. The van der Waals surface area contributed by atoms with Gasteiger partial charge in [-0.3, -0.25) is 9.59 Å². The second kappa shape index (κ2) is 9.27. The lowest BCUT2D eigenvalue weighted by atomic mass is 10.0. The summed E-state index contributed by atoms with van der Waals surface area (Å²) >= 11 is 0. The van der Waals surface area contributed by atoms with E-state index in [9.17, 15) is 9.59 Å². The van der Waals surface area contributed by atoms with E-state index in [1.165, 1.54) is 7.11 Å². The van der Waals surface area contributed by atoms with Crippen molar-refractivity contribution >= 4 is 11.9 Å². The molecule has 0 spiro atoms. The molecule has 25 heavy (non-hydrogen) atoms. The van der Waals surface area contributed by atoms with Gasteiger partial charge in [0, 0.05) is 12.5 Å². The first-order valence-corrected chi connectivity index (χ1v) is 8.38. The van der Waals surface area contributed by atoms with E-state index in [1.54, 1.807) is 26.4 Å². The van der Waals surface area contributed by atoms with Gasteiger partial charge in [-0.25, -0.2) is 0 Å². The molecular formula is C18H26N2O5. The normalized spacial score (nSPS) is 17.6. The number of carbonyl (C=O) groups excluding carboxylic acids is 2. The molecule has 2 N–H and O–H groups in total. The fourth-order valence-electron chi connectivity index (χ4n) is 2.98. The Morgan fingerprint density at radius 1 is 1.24 bits per heavy atom. The van der Waals surface area contributed by atoms with Crippen LogP contribution in [0.1, 0.15) is 37.3 Å². The van der Waals surface area contributed by atoms with Crippen LogP contribution in [0.3, 0.4) is 0 Å². The molecule has 0 bridgehead atoms. The molecular weight excluding hydrogens is 324 g/mol. The molecule has 0 aromatic heterocycles. The van der Waals surface area contributed by atoms with Gasteiger partial charge in [0.05, 0.1) is 33.8 Å². The summed E-state index contributed by atoms with van der Waals surface area (Å²) in [6.07, 6.45) is 2.52. The highest BCUT2D eigenvalue weighted by atomic mass is 16.5. The SMILES string of the molecule is COC(=O)CC(NC(=O)CC1CCCN1)c1ccc(OC)c(OC)c1. The Hall–Kier alpha value is -2.28. The number of ether oxygens (including phenoxy) is 3.